The molecule has 3 aliphatic rings. The van der Waals surface area contributed by atoms with Crippen LogP contribution in [0.2, 0.25) is 18.1 Å². The first kappa shape index (κ1) is 33.0. The van der Waals surface area contributed by atoms with Gasteiger partial charge in [-0.15, -0.1) is 0 Å². The van der Waals surface area contributed by atoms with E-state index in [4.69, 9.17) is 14.5 Å². The molecular formula is C28H47N5O7SSi. The Labute approximate surface area is 250 Å². The number of rotatable bonds is 5. The highest BCUT2D eigenvalue weighted by atomic mass is 32.2. The average Bonchev–Trinajstić information content (AvgIpc) is 3.70. The second kappa shape index (κ2) is 11.5. The number of aromatic amines is 1. The minimum Gasteiger partial charge on any atom is -0.384 e. The van der Waals surface area contributed by atoms with E-state index in [1.807, 2.05) is 0 Å². The molecule has 2 saturated carbocycles. The van der Waals surface area contributed by atoms with Crippen LogP contribution in [-0.4, -0.2) is 88.8 Å². The van der Waals surface area contributed by atoms with Crippen molar-refractivity contribution in [1.29, 1.82) is 0 Å². The van der Waals surface area contributed by atoms with E-state index in [1.54, 1.807) is 12.5 Å². The van der Waals surface area contributed by atoms with Crippen molar-refractivity contribution >= 4 is 29.5 Å². The predicted octanol–water partition coefficient (Wildman–Crippen LogP) is 2.50. The van der Waals surface area contributed by atoms with Crippen molar-refractivity contribution in [2.24, 2.45) is 0 Å². The maximum atomic E-state index is 13.1. The van der Waals surface area contributed by atoms with Crippen LogP contribution in [0.5, 0.6) is 0 Å². The van der Waals surface area contributed by atoms with Crippen LogP contribution in [0, 0.1) is 0 Å². The maximum Gasteiger partial charge on any atom is 0.308 e. The molecular weight excluding hydrogens is 578 g/mol. The number of H-pyrrole nitrogens is 1. The molecule has 42 heavy (non-hydrogen) atoms. The van der Waals surface area contributed by atoms with Gasteiger partial charge >= 0.3 is 10.2 Å². The van der Waals surface area contributed by atoms with Gasteiger partial charge in [0.1, 0.15) is 30.5 Å². The number of nitrogens with zero attached hydrogens (tertiary/aromatic N) is 4. The van der Waals surface area contributed by atoms with E-state index < -0.39 is 35.3 Å². The molecule has 0 amide bonds. The molecule has 0 bridgehead atoms. The molecule has 5 rings (SSSR count). The van der Waals surface area contributed by atoms with Gasteiger partial charge < -0.3 is 24.7 Å². The van der Waals surface area contributed by atoms with Crippen LogP contribution in [-0.2, 0) is 35.7 Å². The third kappa shape index (κ3) is 6.30. The number of hydrogen-bond acceptors (Lipinski definition) is 9. The lowest BCUT2D eigenvalue weighted by Gasteiger charge is -2.39. The summed E-state index contributed by atoms with van der Waals surface area (Å²) in [5, 5.41) is 21.4. The minimum absolute atomic E-state index is 0.111. The quantitative estimate of drug-likeness (QED) is 0.424. The van der Waals surface area contributed by atoms with Gasteiger partial charge in [-0.05, 0) is 30.7 Å². The third-order valence-corrected chi connectivity index (χ3v) is 16.7. The number of aromatic nitrogens is 4. The molecule has 1 saturated heterocycles. The standard InChI is InChI=1S/C19H35N3O5SSi.C9H12N2O2/c1-17(2,3)29(6,7)16-20-15(14-22(16)28(24,25)21(4)5)18(23)8-10-19(11-9-18)26-12-13-27-19;12-7-1-3-9(13,4-2-7)8-5-10-6-11-8/h14,23H,8-13H2,1-7H3;5-6,13H,1-4H2,(H,10,11). The predicted molar refractivity (Wildman–Crippen MR) is 160 cm³/mol. The number of aliphatic hydroxyl groups is 2. The van der Waals surface area contributed by atoms with Gasteiger partial charge in [0.05, 0.1) is 37.1 Å². The summed E-state index contributed by atoms with van der Waals surface area (Å²) in [5.74, 6) is -0.364. The number of hydrogen-bond donors (Lipinski definition) is 3. The molecule has 3 N–H and O–H groups in total. The second-order valence-corrected chi connectivity index (χ2v) is 20.8. The summed E-state index contributed by atoms with van der Waals surface area (Å²) in [6.07, 6.45) is 8.61. The molecule has 1 aliphatic heterocycles. The monoisotopic (exact) mass is 625 g/mol. The molecule has 0 atom stereocenters. The number of ketones is 1. The van der Waals surface area contributed by atoms with Crippen molar-refractivity contribution in [2.45, 2.75) is 107 Å². The van der Waals surface area contributed by atoms with Crippen molar-refractivity contribution in [3.63, 3.8) is 0 Å². The lowest BCUT2D eigenvalue weighted by molar-refractivity contribution is -0.204. The molecule has 2 aromatic heterocycles. The molecule has 12 nitrogen and oxygen atoms in total. The SMILES string of the molecule is CN(C)S(=O)(=O)n1cc(C2(O)CCC3(CC2)OCCO3)nc1[Si](C)(C)C(C)(C)C.O=C1CCC(O)(c2cnc[nH]2)CC1. The first-order valence-corrected chi connectivity index (χ1v) is 19.0. The van der Waals surface area contributed by atoms with E-state index in [9.17, 15) is 23.4 Å². The Kier molecular flexibility index (Phi) is 9.04. The van der Waals surface area contributed by atoms with Crippen molar-refractivity contribution in [3.05, 3.63) is 30.1 Å². The maximum absolute atomic E-state index is 13.1. The molecule has 3 fully saturated rings. The Bertz CT molecular complexity index is 1340. The summed E-state index contributed by atoms with van der Waals surface area (Å²) in [4.78, 5) is 22.5. The van der Waals surface area contributed by atoms with Gasteiger partial charge in [0.25, 0.3) is 0 Å². The van der Waals surface area contributed by atoms with E-state index >= 15 is 0 Å². The highest BCUT2D eigenvalue weighted by molar-refractivity contribution is 7.87. The highest BCUT2D eigenvalue weighted by Gasteiger charge is 2.49. The fourth-order valence-electron chi connectivity index (χ4n) is 5.50. The van der Waals surface area contributed by atoms with Crippen molar-refractivity contribution < 1.29 is 32.9 Å². The number of ether oxygens (including phenoxy) is 2. The van der Waals surface area contributed by atoms with Gasteiger partial charge in [0, 0.05) is 46.0 Å². The highest BCUT2D eigenvalue weighted by Crippen LogP contribution is 2.45. The summed E-state index contributed by atoms with van der Waals surface area (Å²) < 4.78 is 40.2. The van der Waals surface area contributed by atoms with Gasteiger partial charge in [-0.3, -0.25) is 4.79 Å². The van der Waals surface area contributed by atoms with Crippen LogP contribution in [0.1, 0.15) is 83.5 Å². The first-order chi connectivity index (χ1) is 19.4. The zero-order valence-corrected chi connectivity index (χ0v) is 27.8. The van der Waals surface area contributed by atoms with Gasteiger partial charge in [-0.1, -0.05) is 33.9 Å². The van der Waals surface area contributed by atoms with Crippen LogP contribution in [0.4, 0.5) is 0 Å². The number of imidazole rings is 2. The molecule has 2 aromatic rings. The molecule has 14 heteroatoms. The van der Waals surface area contributed by atoms with Crippen molar-refractivity contribution in [3.8, 4) is 0 Å². The Balaban J connectivity index is 0.000000258. The third-order valence-electron chi connectivity index (χ3n) is 9.58. The van der Waals surface area contributed by atoms with Crippen LogP contribution < -0.4 is 5.45 Å². The number of Topliss-reactive ketones (excluding diaryl/α,β-unsaturated/α-hetero) is 1. The van der Waals surface area contributed by atoms with E-state index in [1.165, 1.54) is 28.6 Å². The van der Waals surface area contributed by atoms with Gasteiger partial charge in [-0.2, -0.15) is 12.7 Å². The van der Waals surface area contributed by atoms with E-state index in [0.29, 0.717) is 75.7 Å². The van der Waals surface area contributed by atoms with Gasteiger partial charge in [0.2, 0.25) is 0 Å². The van der Waals surface area contributed by atoms with E-state index in [2.05, 4.69) is 43.8 Å². The zero-order valence-electron chi connectivity index (χ0n) is 25.9. The Morgan fingerprint density at radius 3 is 2.05 bits per heavy atom. The average molecular weight is 626 g/mol. The Morgan fingerprint density at radius 1 is 1.00 bits per heavy atom. The lowest BCUT2D eigenvalue weighted by Crippen LogP contribution is -2.56. The van der Waals surface area contributed by atoms with Crippen LogP contribution in [0.3, 0.4) is 0 Å². The van der Waals surface area contributed by atoms with Crippen LogP contribution in [0.25, 0.3) is 0 Å². The Morgan fingerprint density at radius 2 is 1.57 bits per heavy atom. The topological polar surface area (TPSA) is 160 Å². The smallest absolute Gasteiger partial charge is 0.308 e. The van der Waals surface area contributed by atoms with Gasteiger partial charge in [0.15, 0.2) is 5.79 Å². The normalized spacial score (nSPS) is 22.3. The minimum atomic E-state index is -3.76. The van der Waals surface area contributed by atoms with Crippen LogP contribution >= 0.6 is 0 Å². The van der Waals surface area contributed by atoms with Crippen molar-refractivity contribution in [2.75, 3.05) is 27.3 Å². The summed E-state index contributed by atoms with van der Waals surface area (Å²) in [6, 6.07) is 0. The summed E-state index contributed by atoms with van der Waals surface area (Å²) in [6.45, 7) is 11.8. The fraction of sp³-hybridized carbons (Fsp3) is 0.750. The summed E-state index contributed by atoms with van der Waals surface area (Å²) in [5.41, 5.74) is -0.332. The first-order valence-electron chi connectivity index (χ1n) is 14.6. The largest absolute Gasteiger partial charge is 0.384 e. The molecule has 0 radical (unpaired) electrons. The number of carbonyl (C=O) groups excluding carboxylic acids is 1. The molecule has 1 spiro atoms. The summed E-state index contributed by atoms with van der Waals surface area (Å²) >= 11 is 0. The lowest BCUT2D eigenvalue weighted by atomic mass is 9.79. The number of nitrogens with one attached hydrogen (secondary N) is 1. The van der Waals surface area contributed by atoms with E-state index in [0.717, 1.165) is 5.69 Å². The second-order valence-electron chi connectivity index (χ2n) is 13.6. The summed E-state index contributed by atoms with van der Waals surface area (Å²) in [7, 11) is -3.04. The molecule has 236 valence electrons. The Hall–Kier alpha value is -1.94. The molecule has 0 aromatic carbocycles. The van der Waals surface area contributed by atoms with E-state index in [-0.39, 0.29) is 10.8 Å². The molecule has 3 heterocycles. The number of carbonyl (C=O) groups is 1. The van der Waals surface area contributed by atoms with Crippen LogP contribution in [0.15, 0.2) is 18.7 Å². The molecule has 2 aliphatic carbocycles. The fourth-order valence-corrected chi connectivity index (χ4v) is 9.06. The molecule has 0 unspecified atom stereocenters. The van der Waals surface area contributed by atoms with Gasteiger partial charge in [-0.25, -0.2) is 13.9 Å². The zero-order chi connectivity index (χ0) is 31.2. The van der Waals surface area contributed by atoms with Crippen molar-refractivity contribution in [1.82, 2.24) is 23.2 Å².